The summed E-state index contributed by atoms with van der Waals surface area (Å²) < 4.78 is 12.7. The number of rotatable bonds is 4. The van der Waals surface area contributed by atoms with E-state index in [2.05, 4.69) is 159 Å². The van der Waals surface area contributed by atoms with E-state index in [1.54, 1.807) is 7.11 Å². The second kappa shape index (κ2) is 9.87. The molecular weight excluding hydrogens is 574 g/mol. The molecule has 0 bridgehead atoms. The monoisotopic (exact) mass is 603 g/mol. The minimum atomic E-state index is 0.844. The molecule has 0 aliphatic carbocycles. The zero-order valence-electron chi connectivity index (χ0n) is 25.8. The third-order valence-corrected chi connectivity index (χ3v) is 9.74. The molecule has 0 fully saturated rings. The number of aromatic nitrogens is 3. The molecule has 0 spiro atoms. The summed E-state index contributed by atoms with van der Waals surface area (Å²) in [7, 11) is 1.71. The highest BCUT2D eigenvalue weighted by molar-refractivity contribution is 6.14. The van der Waals surface area contributed by atoms with Gasteiger partial charge in [0.1, 0.15) is 5.75 Å². The van der Waals surface area contributed by atoms with E-state index < -0.39 is 0 Å². The van der Waals surface area contributed by atoms with Crippen molar-refractivity contribution in [1.29, 1.82) is 0 Å². The molecule has 10 rings (SSSR count). The van der Waals surface area contributed by atoms with Crippen molar-refractivity contribution in [3.05, 3.63) is 158 Å². The molecule has 0 N–H and O–H groups in total. The van der Waals surface area contributed by atoms with Gasteiger partial charge in [-0.15, -0.1) is 0 Å². The zero-order valence-corrected chi connectivity index (χ0v) is 25.8. The first-order chi connectivity index (χ1) is 23.3. The van der Waals surface area contributed by atoms with E-state index in [1.807, 2.05) is 12.1 Å². The van der Waals surface area contributed by atoms with Gasteiger partial charge in [0.15, 0.2) is 0 Å². The van der Waals surface area contributed by atoms with Gasteiger partial charge in [-0.3, -0.25) is 0 Å². The van der Waals surface area contributed by atoms with Crippen LogP contribution in [-0.4, -0.2) is 20.8 Å². The summed E-state index contributed by atoms with van der Waals surface area (Å²) in [5.41, 5.74) is 10.5. The van der Waals surface area contributed by atoms with E-state index in [-0.39, 0.29) is 0 Å². The lowest BCUT2D eigenvalue weighted by molar-refractivity contribution is 0.415. The van der Waals surface area contributed by atoms with Crippen molar-refractivity contribution in [1.82, 2.24) is 13.7 Å². The molecule has 4 nitrogen and oxygen atoms in total. The molecular formula is C43H29N3O. The Balaban J connectivity index is 1.29. The lowest BCUT2D eigenvalue weighted by Crippen LogP contribution is -1.96. The minimum Gasteiger partial charge on any atom is -0.497 e. The van der Waals surface area contributed by atoms with Crippen molar-refractivity contribution in [3.63, 3.8) is 0 Å². The highest BCUT2D eigenvalue weighted by atomic mass is 16.5. The predicted octanol–water partition coefficient (Wildman–Crippen LogP) is 11.0. The fourth-order valence-electron chi connectivity index (χ4n) is 7.69. The molecule has 0 aliphatic heterocycles. The first-order valence-electron chi connectivity index (χ1n) is 16.0. The lowest BCUT2D eigenvalue weighted by atomic mass is 10.1. The summed E-state index contributed by atoms with van der Waals surface area (Å²) in [4.78, 5) is 0. The molecule has 0 saturated carbocycles. The largest absolute Gasteiger partial charge is 0.497 e. The number of fused-ring (bicyclic) bond motifs is 9. The quantitative estimate of drug-likeness (QED) is 0.196. The summed E-state index contributed by atoms with van der Waals surface area (Å²) in [6.45, 7) is 0. The zero-order chi connectivity index (χ0) is 31.1. The first-order valence-corrected chi connectivity index (χ1v) is 16.0. The molecule has 10 aromatic rings. The molecule has 3 heterocycles. The van der Waals surface area contributed by atoms with Crippen molar-refractivity contribution in [2.24, 2.45) is 0 Å². The van der Waals surface area contributed by atoms with Gasteiger partial charge in [-0.05, 0) is 84.9 Å². The van der Waals surface area contributed by atoms with E-state index in [0.717, 1.165) is 33.8 Å². The van der Waals surface area contributed by atoms with E-state index in [1.165, 1.54) is 54.4 Å². The van der Waals surface area contributed by atoms with Gasteiger partial charge in [0.25, 0.3) is 0 Å². The smallest absolute Gasteiger partial charge is 0.119 e. The number of hydrogen-bond donors (Lipinski definition) is 0. The van der Waals surface area contributed by atoms with Crippen LogP contribution >= 0.6 is 0 Å². The molecule has 0 amide bonds. The van der Waals surface area contributed by atoms with Crippen LogP contribution in [0.2, 0.25) is 0 Å². The second-order valence-corrected chi connectivity index (χ2v) is 12.2. The summed E-state index contributed by atoms with van der Waals surface area (Å²) in [6, 6.07) is 56.9. The van der Waals surface area contributed by atoms with Crippen LogP contribution in [0.4, 0.5) is 0 Å². The maximum absolute atomic E-state index is 5.50. The maximum atomic E-state index is 5.50. The number of nitrogens with zero attached hydrogens (tertiary/aromatic N) is 3. The highest BCUT2D eigenvalue weighted by Gasteiger charge is 2.18. The van der Waals surface area contributed by atoms with Crippen molar-refractivity contribution in [2.75, 3.05) is 7.11 Å². The van der Waals surface area contributed by atoms with Crippen molar-refractivity contribution >= 4 is 65.4 Å². The van der Waals surface area contributed by atoms with E-state index in [4.69, 9.17) is 4.74 Å². The van der Waals surface area contributed by atoms with E-state index >= 15 is 0 Å². The van der Waals surface area contributed by atoms with Crippen LogP contribution in [0.15, 0.2) is 158 Å². The van der Waals surface area contributed by atoms with Gasteiger partial charge in [0, 0.05) is 49.4 Å². The molecule has 0 radical (unpaired) electrons. The number of hydrogen-bond acceptors (Lipinski definition) is 1. The average Bonchev–Trinajstić information content (AvgIpc) is 3.77. The molecule has 47 heavy (non-hydrogen) atoms. The number of ether oxygens (including phenoxy) is 1. The number of benzene rings is 7. The average molecular weight is 604 g/mol. The van der Waals surface area contributed by atoms with Crippen LogP contribution < -0.4 is 4.74 Å². The van der Waals surface area contributed by atoms with Gasteiger partial charge in [0.2, 0.25) is 0 Å². The normalized spacial score (nSPS) is 11.9. The Bertz CT molecular complexity index is 2550. The van der Waals surface area contributed by atoms with Crippen LogP contribution in [0.5, 0.6) is 5.75 Å². The SMILES string of the molecule is COc1ccc(-n2c3ccc(-n4c5ccccc5c5ccccc54)cc3c3cc(-n4c5ccccc5c5ccccc54)ccc32)cc1. The van der Waals surface area contributed by atoms with Gasteiger partial charge < -0.3 is 18.4 Å². The second-order valence-electron chi connectivity index (χ2n) is 12.2. The van der Waals surface area contributed by atoms with Crippen molar-refractivity contribution < 1.29 is 4.74 Å². The van der Waals surface area contributed by atoms with Crippen LogP contribution in [0.25, 0.3) is 82.5 Å². The van der Waals surface area contributed by atoms with Crippen LogP contribution in [-0.2, 0) is 0 Å². The van der Waals surface area contributed by atoms with Crippen LogP contribution in [0.1, 0.15) is 0 Å². The Hall–Kier alpha value is -6.26. The summed E-state index contributed by atoms with van der Waals surface area (Å²) in [5, 5.41) is 7.46. The third-order valence-electron chi connectivity index (χ3n) is 9.74. The Kier molecular flexibility index (Phi) is 5.46. The van der Waals surface area contributed by atoms with Crippen LogP contribution in [0.3, 0.4) is 0 Å². The Labute approximate surface area is 270 Å². The molecule has 3 aromatic heterocycles. The molecule has 222 valence electrons. The Morgan fingerprint density at radius 1 is 0.319 bits per heavy atom. The summed E-state index contributed by atoms with van der Waals surface area (Å²) in [6.07, 6.45) is 0. The molecule has 4 heteroatoms. The molecule has 7 aromatic carbocycles. The standard InChI is InChI=1S/C43H29N3O/c1-47-31-22-18-28(19-23-31)44-42-24-20-29(45-38-14-6-2-10-32(38)33-11-3-7-15-39(33)45)26-36(42)37-27-30(21-25-43(37)44)46-40-16-8-4-12-34(40)35-13-5-9-17-41(35)46/h2-27H,1H3. The maximum Gasteiger partial charge on any atom is 0.119 e. The lowest BCUT2D eigenvalue weighted by Gasteiger charge is -2.11. The number of methoxy groups -OCH3 is 1. The third kappa shape index (κ3) is 3.70. The van der Waals surface area contributed by atoms with Gasteiger partial charge >= 0.3 is 0 Å². The van der Waals surface area contributed by atoms with Crippen molar-refractivity contribution in [2.45, 2.75) is 0 Å². The summed E-state index contributed by atoms with van der Waals surface area (Å²) >= 11 is 0. The molecule has 0 aliphatic rings. The van der Waals surface area contributed by atoms with Gasteiger partial charge in [-0.2, -0.15) is 0 Å². The predicted molar refractivity (Wildman–Crippen MR) is 196 cm³/mol. The molecule has 0 unspecified atom stereocenters. The first kappa shape index (κ1) is 26.0. The van der Waals surface area contributed by atoms with Gasteiger partial charge in [-0.25, -0.2) is 0 Å². The fraction of sp³-hybridized carbons (Fsp3) is 0.0233. The van der Waals surface area contributed by atoms with E-state index in [9.17, 15) is 0 Å². The van der Waals surface area contributed by atoms with Crippen molar-refractivity contribution in [3.8, 4) is 22.8 Å². The highest BCUT2D eigenvalue weighted by Crippen LogP contribution is 2.39. The molecule has 0 atom stereocenters. The topological polar surface area (TPSA) is 24.0 Å². The fourth-order valence-corrected chi connectivity index (χ4v) is 7.69. The summed E-state index contributed by atoms with van der Waals surface area (Å²) in [5.74, 6) is 0.844. The molecule has 0 saturated heterocycles. The van der Waals surface area contributed by atoms with Gasteiger partial charge in [0.05, 0.1) is 40.2 Å². The minimum absolute atomic E-state index is 0.844. The number of para-hydroxylation sites is 4. The van der Waals surface area contributed by atoms with Crippen LogP contribution in [0, 0.1) is 0 Å². The Morgan fingerprint density at radius 2 is 0.638 bits per heavy atom. The van der Waals surface area contributed by atoms with Gasteiger partial charge in [-0.1, -0.05) is 72.8 Å². The Morgan fingerprint density at radius 3 is 1.02 bits per heavy atom. The van der Waals surface area contributed by atoms with E-state index in [0.29, 0.717) is 0 Å².